The Kier molecular flexibility index (Phi) is 4.10. The molecule has 2 aromatic carbocycles. The Morgan fingerprint density at radius 2 is 2.11 bits per heavy atom. The van der Waals surface area contributed by atoms with Crippen molar-refractivity contribution in [2.24, 2.45) is 5.92 Å². The second-order valence-electron chi connectivity index (χ2n) is 8.25. The summed E-state index contributed by atoms with van der Waals surface area (Å²) >= 11 is 3.62. The fourth-order valence-corrected chi connectivity index (χ4v) is 5.73. The maximum absolute atomic E-state index is 5.55. The monoisotopic (exact) mass is 424 g/mol. The van der Waals surface area contributed by atoms with E-state index in [1.54, 1.807) is 7.11 Å². The van der Waals surface area contributed by atoms with Gasteiger partial charge in [-0.1, -0.05) is 34.1 Å². The molecule has 1 unspecified atom stereocenters. The van der Waals surface area contributed by atoms with Gasteiger partial charge in [-0.3, -0.25) is 0 Å². The van der Waals surface area contributed by atoms with Gasteiger partial charge in [0.1, 0.15) is 5.75 Å². The quantitative estimate of drug-likeness (QED) is 0.631. The van der Waals surface area contributed by atoms with Gasteiger partial charge in [-0.25, -0.2) is 0 Å². The second kappa shape index (κ2) is 6.39. The zero-order valence-electron chi connectivity index (χ0n) is 15.9. The van der Waals surface area contributed by atoms with Crippen LogP contribution in [-0.4, -0.2) is 37.1 Å². The minimum absolute atomic E-state index is 0.187. The first-order chi connectivity index (χ1) is 13.1. The predicted octanol–water partition coefficient (Wildman–Crippen LogP) is 4.93. The van der Waals surface area contributed by atoms with Gasteiger partial charge >= 0.3 is 0 Å². The van der Waals surface area contributed by atoms with Crippen molar-refractivity contribution >= 4 is 26.8 Å². The molecule has 4 heteroatoms. The van der Waals surface area contributed by atoms with Crippen LogP contribution in [0.4, 0.5) is 0 Å². The number of nitrogens with one attached hydrogen (secondary N) is 1. The molecule has 2 atom stereocenters. The molecule has 5 rings (SSSR count). The molecule has 27 heavy (non-hydrogen) atoms. The number of aromatic amines is 1. The average Bonchev–Trinajstić information content (AvgIpc) is 3.02. The van der Waals surface area contributed by atoms with E-state index in [0.29, 0.717) is 5.92 Å². The Labute approximate surface area is 168 Å². The Balaban J connectivity index is 1.66. The summed E-state index contributed by atoms with van der Waals surface area (Å²) in [5, 5.41) is 1.39. The van der Waals surface area contributed by atoms with Gasteiger partial charge in [0.05, 0.1) is 7.11 Å². The number of halogens is 1. The first-order valence-corrected chi connectivity index (χ1v) is 10.5. The van der Waals surface area contributed by atoms with E-state index < -0.39 is 0 Å². The third-order valence-electron chi connectivity index (χ3n) is 6.80. The molecule has 0 bridgehead atoms. The predicted molar refractivity (Wildman–Crippen MR) is 114 cm³/mol. The minimum Gasteiger partial charge on any atom is -0.497 e. The van der Waals surface area contributed by atoms with Gasteiger partial charge in [0, 0.05) is 33.0 Å². The Hall–Kier alpha value is -1.78. The lowest BCUT2D eigenvalue weighted by Crippen LogP contribution is -2.52. The van der Waals surface area contributed by atoms with Crippen molar-refractivity contribution in [2.45, 2.75) is 24.7 Å². The standard InChI is InChI=1S/C23H25BrN2O/c1-26-9-8-23(15-4-3-5-18(10-15)27-2)13-22-20(11-16(23)14-26)19-7-6-17(24)12-21(19)25-22/h3-7,10,12,16,25H,8-9,11,13-14H2,1-2H3/t16?,23-/m1/s1. The van der Waals surface area contributed by atoms with E-state index in [-0.39, 0.29) is 5.41 Å². The Morgan fingerprint density at radius 3 is 2.96 bits per heavy atom. The average molecular weight is 425 g/mol. The number of likely N-dealkylation sites (tertiary alicyclic amines) is 1. The molecule has 0 spiro atoms. The number of H-pyrrole nitrogens is 1. The zero-order valence-corrected chi connectivity index (χ0v) is 17.5. The van der Waals surface area contributed by atoms with Crippen molar-refractivity contribution in [3.8, 4) is 5.75 Å². The molecule has 3 nitrogen and oxygen atoms in total. The summed E-state index contributed by atoms with van der Waals surface area (Å²) in [6, 6.07) is 15.4. The largest absolute Gasteiger partial charge is 0.497 e. The maximum atomic E-state index is 5.55. The second-order valence-corrected chi connectivity index (χ2v) is 9.17. The van der Waals surface area contributed by atoms with Crippen LogP contribution >= 0.6 is 15.9 Å². The molecule has 1 N–H and O–H groups in total. The molecule has 2 heterocycles. The van der Waals surface area contributed by atoms with E-state index in [2.05, 4.69) is 75.3 Å². The maximum Gasteiger partial charge on any atom is 0.119 e. The molecule has 1 aliphatic heterocycles. The number of aromatic nitrogens is 1. The van der Waals surface area contributed by atoms with Crippen LogP contribution < -0.4 is 4.74 Å². The van der Waals surface area contributed by atoms with E-state index >= 15 is 0 Å². The van der Waals surface area contributed by atoms with Gasteiger partial charge in [0.15, 0.2) is 0 Å². The number of methoxy groups -OCH3 is 1. The number of piperidine rings is 1. The van der Waals surface area contributed by atoms with Crippen molar-refractivity contribution in [2.75, 3.05) is 27.2 Å². The van der Waals surface area contributed by atoms with Crippen molar-refractivity contribution in [3.05, 3.63) is 63.8 Å². The summed E-state index contributed by atoms with van der Waals surface area (Å²) in [5.74, 6) is 1.59. The highest BCUT2D eigenvalue weighted by Crippen LogP contribution is 2.49. The van der Waals surface area contributed by atoms with Crippen LogP contribution in [0.5, 0.6) is 5.75 Å². The molecule has 0 amide bonds. The van der Waals surface area contributed by atoms with Gasteiger partial charge in [-0.05, 0) is 74.2 Å². The number of nitrogens with zero attached hydrogens (tertiary/aromatic N) is 1. The fraction of sp³-hybridized carbons (Fsp3) is 0.391. The van der Waals surface area contributed by atoms with E-state index in [4.69, 9.17) is 4.74 Å². The highest BCUT2D eigenvalue weighted by molar-refractivity contribution is 9.10. The summed E-state index contributed by atoms with van der Waals surface area (Å²) in [7, 11) is 4.02. The van der Waals surface area contributed by atoms with Crippen LogP contribution in [0.25, 0.3) is 10.9 Å². The van der Waals surface area contributed by atoms with E-state index in [1.165, 1.54) is 34.1 Å². The van der Waals surface area contributed by atoms with Crippen LogP contribution in [-0.2, 0) is 18.3 Å². The number of benzene rings is 2. The first-order valence-electron chi connectivity index (χ1n) is 9.71. The van der Waals surface area contributed by atoms with Crippen molar-refractivity contribution in [3.63, 3.8) is 0 Å². The third-order valence-corrected chi connectivity index (χ3v) is 7.29. The number of hydrogen-bond donors (Lipinski definition) is 1. The Morgan fingerprint density at radius 1 is 1.22 bits per heavy atom. The zero-order chi connectivity index (χ0) is 18.6. The molecule has 1 aromatic heterocycles. The van der Waals surface area contributed by atoms with Crippen LogP contribution in [0.3, 0.4) is 0 Å². The molecule has 3 aromatic rings. The van der Waals surface area contributed by atoms with Gasteiger partial charge in [-0.2, -0.15) is 0 Å². The van der Waals surface area contributed by atoms with Crippen LogP contribution in [0.15, 0.2) is 46.9 Å². The molecule has 1 saturated heterocycles. The normalized spacial score (nSPS) is 25.2. The molecule has 140 valence electrons. The molecule has 1 fully saturated rings. The number of rotatable bonds is 2. The number of fused-ring (bicyclic) bond motifs is 4. The lowest BCUT2D eigenvalue weighted by Gasteiger charge is -2.50. The van der Waals surface area contributed by atoms with Crippen molar-refractivity contribution in [1.82, 2.24) is 9.88 Å². The van der Waals surface area contributed by atoms with Crippen LogP contribution in [0.1, 0.15) is 23.2 Å². The molecule has 1 aliphatic carbocycles. The molecule has 2 aliphatic rings. The van der Waals surface area contributed by atoms with Gasteiger partial charge in [0.25, 0.3) is 0 Å². The summed E-state index contributed by atoms with van der Waals surface area (Å²) in [6.45, 7) is 2.30. The van der Waals surface area contributed by atoms with Gasteiger partial charge in [-0.15, -0.1) is 0 Å². The van der Waals surface area contributed by atoms with E-state index in [0.717, 1.165) is 36.2 Å². The lowest BCUT2D eigenvalue weighted by molar-refractivity contribution is 0.0994. The van der Waals surface area contributed by atoms with Crippen LogP contribution in [0, 0.1) is 5.92 Å². The SMILES string of the molecule is COc1cccc([C@]23CCN(C)CC2Cc2c([nH]c4cc(Br)ccc24)C3)c1. The minimum atomic E-state index is 0.187. The molecular formula is C23H25BrN2O. The third kappa shape index (κ3) is 2.73. The molecular weight excluding hydrogens is 400 g/mol. The topological polar surface area (TPSA) is 28.3 Å². The van der Waals surface area contributed by atoms with Crippen molar-refractivity contribution < 1.29 is 4.74 Å². The Bertz CT molecular complexity index is 1010. The first kappa shape index (κ1) is 17.3. The summed E-state index contributed by atoms with van der Waals surface area (Å²) in [6.07, 6.45) is 3.42. The fourth-order valence-electron chi connectivity index (χ4n) is 5.37. The molecule has 0 saturated carbocycles. The lowest BCUT2D eigenvalue weighted by atomic mass is 9.59. The van der Waals surface area contributed by atoms with Gasteiger partial charge in [0.2, 0.25) is 0 Å². The highest BCUT2D eigenvalue weighted by atomic mass is 79.9. The molecule has 0 radical (unpaired) electrons. The summed E-state index contributed by atoms with van der Waals surface area (Å²) in [5.41, 5.74) is 5.82. The smallest absolute Gasteiger partial charge is 0.119 e. The number of ether oxygens (including phenoxy) is 1. The van der Waals surface area contributed by atoms with Crippen LogP contribution in [0.2, 0.25) is 0 Å². The summed E-state index contributed by atoms with van der Waals surface area (Å²) in [4.78, 5) is 6.25. The van der Waals surface area contributed by atoms with Crippen molar-refractivity contribution in [1.29, 1.82) is 0 Å². The van der Waals surface area contributed by atoms with E-state index in [9.17, 15) is 0 Å². The summed E-state index contributed by atoms with van der Waals surface area (Å²) < 4.78 is 6.68. The van der Waals surface area contributed by atoms with Gasteiger partial charge < -0.3 is 14.6 Å². The van der Waals surface area contributed by atoms with E-state index in [1.807, 2.05) is 0 Å². The number of hydrogen-bond acceptors (Lipinski definition) is 2. The highest BCUT2D eigenvalue weighted by Gasteiger charge is 2.47.